The molecular weight excluding hydrogens is 404 g/mol. The normalized spacial score (nSPS) is 14.9. The molecule has 9 heteroatoms. The number of thioether (sulfide) groups is 1. The number of hydrogen-bond acceptors (Lipinski definition) is 7. The first-order valence-corrected chi connectivity index (χ1v) is 10.2. The van der Waals surface area contributed by atoms with Crippen molar-refractivity contribution in [2.75, 3.05) is 11.1 Å². The summed E-state index contributed by atoms with van der Waals surface area (Å²) in [5, 5.41) is 8.91. The van der Waals surface area contributed by atoms with E-state index in [4.69, 9.17) is 10.3 Å². The number of nitrogens with zero attached hydrogens (tertiary/aromatic N) is 2. The van der Waals surface area contributed by atoms with Crippen molar-refractivity contribution in [2.24, 2.45) is 5.73 Å². The van der Waals surface area contributed by atoms with Gasteiger partial charge in [-0.2, -0.15) is 4.98 Å². The number of rotatable bonds is 6. The van der Waals surface area contributed by atoms with E-state index in [1.165, 1.54) is 11.8 Å². The topological polar surface area (TPSA) is 94.0 Å². The molecule has 0 bridgehead atoms. The Kier molecular flexibility index (Phi) is 6.21. The monoisotopic (exact) mass is 422 g/mol. The van der Waals surface area contributed by atoms with E-state index in [0.29, 0.717) is 17.5 Å². The molecule has 1 saturated carbocycles. The second kappa shape index (κ2) is 8.43. The van der Waals surface area contributed by atoms with Crippen molar-refractivity contribution in [3.63, 3.8) is 0 Å². The maximum atomic E-state index is 12.0. The molecule has 1 aliphatic carbocycles. The fourth-order valence-corrected chi connectivity index (χ4v) is 4.28. The smallest absolute Gasteiger partial charge is 0.257 e. The molecule has 0 aliphatic heterocycles. The molecule has 2 aromatic heterocycles. The number of hydrogen-bond donors (Lipinski definition) is 2. The van der Waals surface area contributed by atoms with Crippen LogP contribution in [0.15, 0.2) is 50.5 Å². The summed E-state index contributed by atoms with van der Waals surface area (Å²) in [5.74, 6) is 1.37. The summed E-state index contributed by atoms with van der Waals surface area (Å²) in [6.07, 6.45) is 2.88. The van der Waals surface area contributed by atoms with Gasteiger partial charge in [0, 0.05) is 11.3 Å². The lowest BCUT2D eigenvalue weighted by molar-refractivity contribution is -0.113. The Labute approximate surface area is 171 Å². The fourth-order valence-electron chi connectivity index (χ4n) is 2.70. The van der Waals surface area contributed by atoms with Gasteiger partial charge in [-0.1, -0.05) is 11.2 Å². The van der Waals surface area contributed by atoms with Gasteiger partial charge in [0.05, 0.1) is 15.5 Å². The van der Waals surface area contributed by atoms with Gasteiger partial charge in [-0.3, -0.25) is 4.79 Å². The lowest BCUT2D eigenvalue weighted by Gasteiger charge is -2.34. The third kappa shape index (κ3) is 4.52. The van der Waals surface area contributed by atoms with Crippen LogP contribution in [0.25, 0.3) is 11.5 Å². The van der Waals surface area contributed by atoms with Crippen molar-refractivity contribution < 1.29 is 9.32 Å². The van der Waals surface area contributed by atoms with E-state index in [9.17, 15) is 4.79 Å². The number of nitrogens with one attached hydrogen (secondary N) is 1. The van der Waals surface area contributed by atoms with Crippen molar-refractivity contribution in [3.8, 4) is 11.5 Å². The van der Waals surface area contributed by atoms with Crippen LogP contribution in [0.4, 0.5) is 5.69 Å². The molecule has 27 heavy (non-hydrogen) atoms. The van der Waals surface area contributed by atoms with Crippen molar-refractivity contribution in [1.82, 2.24) is 10.1 Å². The summed E-state index contributed by atoms with van der Waals surface area (Å²) >= 11 is 3.16. The van der Waals surface area contributed by atoms with E-state index in [-0.39, 0.29) is 18.3 Å². The molecule has 1 fully saturated rings. The predicted octanol–water partition coefficient (Wildman–Crippen LogP) is 4.29. The van der Waals surface area contributed by atoms with Crippen LogP contribution in [0.2, 0.25) is 0 Å². The van der Waals surface area contributed by atoms with Gasteiger partial charge in [-0.05, 0) is 55.0 Å². The van der Waals surface area contributed by atoms with Crippen molar-refractivity contribution >= 4 is 47.1 Å². The predicted molar refractivity (Wildman–Crippen MR) is 110 cm³/mol. The average molecular weight is 423 g/mol. The third-order valence-electron chi connectivity index (χ3n) is 4.37. The standard InChI is InChI=1S/C18H18N4O2S2.ClH/c19-18(8-2-9-18)17-21-16(24-22-17)12-4-6-13(7-5-12)20-14(23)11-26-15-3-1-10-25-15;/h1,3-7,10H,2,8-9,11,19H2,(H,20,23);1H. The third-order valence-corrected chi connectivity index (χ3v) is 6.50. The summed E-state index contributed by atoms with van der Waals surface area (Å²) in [4.78, 5) is 16.5. The van der Waals surface area contributed by atoms with Crippen LogP contribution < -0.4 is 11.1 Å². The zero-order valence-corrected chi connectivity index (χ0v) is 16.8. The van der Waals surface area contributed by atoms with Crippen LogP contribution in [0.5, 0.6) is 0 Å². The van der Waals surface area contributed by atoms with E-state index >= 15 is 0 Å². The first-order chi connectivity index (χ1) is 12.6. The van der Waals surface area contributed by atoms with Gasteiger partial charge >= 0.3 is 0 Å². The lowest BCUT2D eigenvalue weighted by Crippen LogP contribution is -2.44. The molecule has 1 amide bonds. The minimum atomic E-state index is -0.435. The van der Waals surface area contributed by atoms with Crippen molar-refractivity contribution in [3.05, 3.63) is 47.6 Å². The second-order valence-corrected chi connectivity index (χ2v) is 8.50. The molecule has 0 atom stereocenters. The number of benzene rings is 1. The van der Waals surface area contributed by atoms with Gasteiger partial charge in [0.15, 0.2) is 5.82 Å². The molecular formula is C18H19ClN4O2S2. The molecule has 3 N–H and O–H groups in total. The molecule has 3 aromatic rings. The zero-order chi connectivity index (χ0) is 18.0. The minimum absolute atomic E-state index is 0. The maximum absolute atomic E-state index is 12.0. The molecule has 0 unspecified atom stereocenters. The average Bonchev–Trinajstić information content (AvgIpc) is 3.30. The highest BCUT2D eigenvalue weighted by Gasteiger charge is 2.39. The van der Waals surface area contributed by atoms with E-state index in [0.717, 1.165) is 34.7 Å². The van der Waals surface area contributed by atoms with E-state index in [1.807, 2.05) is 41.8 Å². The second-order valence-electron chi connectivity index (χ2n) is 6.28. The molecule has 1 aromatic carbocycles. The van der Waals surface area contributed by atoms with Gasteiger partial charge < -0.3 is 15.6 Å². The van der Waals surface area contributed by atoms with E-state index < -0.39 is 5.54 Å². The van der Waals surface area contributed by atoms with Gasteiger partial charge in [-0.25, -0.2) is 0 Å². The number of halogens is 1. The molecule has 0 saturated heterocycles. The number of amides is 1. The van der Waals surface area contributed by atoms with Gasteiger partial charge in [0.1, 0.15) is 0 Å². The molecule has 0 spiro atoms. The van der Waals surface area contributed by atoms with Crippen LogP contribution in [0.1, 0.15) is 25.1 Å². The number of carbonyl (C=O) groups is 1. The Balaban J connectivity index is 0.00000210. The SMILES string of the molecule is Cl.NC1(c2noc(-c3ccc(NC(=O)CSc4cccs4)cc3)n2)CCC1. The highest BCUT2D eigenvalue weighted by atomic mass is 35.5. The number of nitrogens with two attached hydrogens (primary N) is 1. The fraction of sp³-hybridized carbons (Fsp3) is 0.278. The highest BCUT2D eigenvalue weighted by Crippen LogP contribution is 2.37. The first kappa shape index (κ1) is 19.9. The number of thiophene rings is 1. The Hall–Kier alpha value is -1.87. The first-order valence-electron chi connectivity index (χ1n) is 8.32. The number of aromatic nitrogens is 2. The van der Waals surface area contributed by atoms with E-state index in [2.05, 4.69) is 15.5 Å². The lowest BCUT2D eigenvalue weighted by atomic mass is 9.77. The quantitative estimate of drug-likeness (QED) is 0.575. The maximum Gasteiger partial charge on any atom is 0.257 e. The molecule has 1 aliphatic rings. The van der Waals surface area contributed by atoms with Crippen LogP contribution in [0.3, 0.4) is 0 Å². The molecule has 0 radical (unpaired) electrons. The summed E-state index contributed by atoms with van der Waals surface area (Å²) < 4.78 is 6.47. The Morgan fingerprint density at radius 1 is 1.30 bits per heavy atom. The molecule has 142 valence electrons. The highest BCUT2D eigenvalue weighted by molar-refractivity contribution is 8.01. The Morgan fingerprint density at radius 3 is 2.70 bits per heavy atom. The summed E-state index contributed by atoms with van der Waals surface area (Å²) in [6, 6.07) is 11.3. The van der Waals surface area contributed by atoms with Crippen LogP contribution in [-0.2, 0) is 10.3 Å². The summed E-state index contributed by atoms with van der Waals surface area (Å²) in [6.45, 7) is 0. The van der Waals surface area contributed by atoms with Crippen LogP contribution in [0, 0.1) is 0 Å². The van der Waals surface area contributed by atoms with Gasteiger partial charge in [0.2, 0.25) is 5.91 Å². The summed E-state index contributed by atoms with van der Waals surface area (Å²) in [7, 11) is 0. The van der Waals surface area contributed by atoms with Gasteiger partial charge in [0.25, 0.3) is 5.89 Å². The van der Waals surface area contributed by atoms with Crippen LogP contribution >= 0.6 is 35.5 Å². The Morgan fingerprint density at radius 2 is 2.07 bits per heavy atom. The zero-order valence-electron chi connectivity index (χ0n) is 14.4. The number of anilines is 1. The molecule has 6 nitrogen and oxygen atoms in total. The van der Waals surface area contributed by atoms with Crippen LogP contribution in [-0.4, -0.2) is 21.8 Å². The Bertz CT molecular complexity index is 892. The van der Waals surface area contributed by atoms with Crippen molar-refractivity contribution in [2.45, 2.75) is 29.0 Å². The molecule has 2 heterocycles. The van der Waals surface area contributed by atoms with E-state index in [1.54, 1.807) is 11.3 Å². The molecule has 4 rings (SSSR count). The summed E-state index contributed by atoms with van der Waals surface area (Å²) in [5.41, 5.74) is 7.33. The largest absolute Gasteiger partial charge is 0.334 e. The minimum Gasteiger partial charge on any atom is -0.334 e. The number of carbonyl (C=O) groups excluding carboxylic acids is 1. The van der Waals surface area contributed by atoms with Gasteiger partial charge in [-0.15, -0.1) is 35.5 Å². The van der Waals surface area contributed by atoms with Crippen molar-refractivity contribution in [1.29, 1.82) is 0 Å².